The van der Waals surface area contributed by atoms with Crippen molar-refractivity contribution in [3.63, 3.8) is 0 Å². The fraction of sp³-hybridized carbons (Fsp3) is 1.00. The van der Waals surface area contributed by atoms with Crippen LogP contribution in [-0.2, 0) is 4.74 Å². The molecule has 2 nitrogen and oxygen atoms in total. The summed E-state index contributed by atoms with van der Waals surface area (Å²) in [6.07, 6.45) is 7.09. The van der Waals surface area contributed by atoms with E-state index in [9.17, 15) is 0 Å². The fourth-order valence-corrected chi connectivity index (χ4v) is 2.45. The third-order valence-electron chi connectivity index (χ3n) is 4.03. The monoisotopic (exact) mass is 241 g/mol. The van der Waals surface area contributed by atoms with E-state index in [0.717, 1.165) is 25.0 Å². The van der Waals surface area contributed by atoms with Gasteiger partial charge in [-0.15, -0.1) is 0 Å². The molecular formula is C15H31NO. The Bertz CT molecular complexity index is 187. The number of rotatable bonds is 8. The zero-order valence-electron chi connectivity index (χ0n) is 12.2. The molecule has 17 heavy (non-hydrogen) atoms. The fourth-order valence-electron chi connectivity index (χ4n) is 2.45. The first-order valence-corrected chi connectivity index (χ1v) is 7.44. The van der Waals surface area contributed by atoms with Crippen molar-refractivity contribution in [2.75, 3.05) is 13.2 Å². The standard InChI is InChI=1S/C15H31NO/c1-12(2)16-11-14(4)13(3)7-5-8-15-9-6-10-17-15/h12-16H,5-11H2,1-4H3. The molecule has 0 amide bonds. The van der Waals surface area contributed by atoms with Crippen molar-refractivity contribution in [1.82, 2.24) is 5.32 Å². The summed E-state index contributed by atoms with van der Waals surface area (Å²) in [5.74, 6) is 1.60. The van der Waals surface area contributed by atoms with E-state index in [0.29, 0.717) is 12.1 Å². The molecule has 102 valence electrons. The van der Waals surface area contributed by atoms with Gasteiger partial charge in [0.1, 0.15) is 0 Å². The maximum atomic E-state index is 5.66. The summed E-state index contributed by atoms with van der Waals surface area (Å²) in [4.78, 5) is 0. The van der Waals surface area contributed by atoms with E-state index >= 15 is 0 Å². The number of hydrogen-bond donors (Lipinski definition) is 1. The smallest absolute Gasteiger partial charge is 0.0576 e. The molecule has 0 saturated carbocycles. The lowest BCUT2D eigenvalue weighted by atomic mass is 9.90. The average molecular weight is 241 g/mol. The SMILES string of the molecule is CC(C)NCC(C)C(C)CCCC1CCCO1. The van der Waals surface area contributed by atoms with Gasteiger partial charge in [-0.3, -0.25) is 0 Å². The van der Waals surface area contributed by atoms with E-state index in [1.54, 1.807) is 0 Å². The minimum atomic E-state index is 0.575. The Morgan fingerprint density at radius 1 is 1.18 bits per heavy atom. The molecule has 0 aromatic heterocycles. The summed E-state index contributed by atoms with van der Waals surface area (Å²) in [6.45, 7) is 11.3. The van der Waals surface area contributed by atoms with Crippen molar-refractivity contribution in [3.05, 3.63) is 0 Å². The topological polar surface area (TPSA) is 21.3 Å². The van der Waals surface area contributed by atoms with Gasteiger partial charge in [0.15, 0.2) is 0 Å². The molecule has 0 spiro atoms. The summed E-state index contributed by atoms with van der Waals surface area (Å²) < 4.78 is 5.66. The van der Waals surface area contributed by atoms with Crippen molar-refractivity contribution in [2.45, 2.75) is 71.9 Å². The molecule has 1 aliphatic heterocycles. The predicted molar refractivity (Wildman–Crippen MR) is 74.3 cm³/mol. The van der Waals surface area contributed by atoms with Crippen molar-refractivity contribution in [2.24, 2.45) is 11.8 Å². The van der Waals surface area contributed by atoms with Gasteiger partial charge in [-0.2, -0.15) is 0 Å². The molecule has 0 aliphatic carbocycles. The van der Waals surface area contributed by atoms with Crippen LogP contribution in [0.3, 0.4) is 0 Å². The Kier molecular flexibility index (Phi) is 7.14. The molecular weight excluding hydrogens is 210 g/mol. The Labute approximate surface area is 108 Å². The molecule has 3 atom stereocenters. The third-order valence-corrected chi connectivity index (χ3v) is 4.03. The summed E-state index contributed by atoms with van der Waals surface area (Å²) in [6, 6.07) is 0.608. The molecule has 2 heteroatoms. The molecule has 1 N–H and O–H groups in total. The Morgan fingerprint density at radius 3 is 2.53 bits per heavy atom. The number of nitrogens with one attached hydrogen (secondary N) is 1. The van der Waals surface area contributed by atoms with Crippen molar-refractivity contribution in [3.8, 4) is 0 Å². The van der Waals surface area contributed by atoms with Gasteiger partial charge in [0.2, 0.25) is 0 Å². The van der Waals surface area contributed by atoms with Crippen molar-refractivity contribution < 1.29 is 4.74 Å². The third kappa shape index (κ3) is 6.42. The van der Waals surface area contributed by atoms with Crippen LogP contribution in [0.25, 0.3) is 0 Å². The number of ether oxygens (including phenoxy) is 1. The maximum absolute atomic E-state index is 5.66. The lowest BCUT2D eigenvalue weighted by molar-refractivity contribution is 0.100. The van der Waals surface area contributed by atoms with Crippen LogP contribution in [0.15, 0.2) is 0 Å². The molecule has 1 fully saturated rings. The molecule has 0 aromatic carbocycles. The zero-order valence-corrected chi connectivity index (χ0v) is 12.2. The minimum absolute atomic E-state index is 0.575. The molecule has 1 rings (SSSR count). The van der Waals surface area contributed by atoms with Crippen LogP contribution in [-0.4, -0.2) is 25.3 Å². The Balaban J connectivity index is 2.04. The van der Waals surface area contributed by atoms with Gasteiger partial charge in [-0.1, -0.05) is 40.5 Å². The molecule has 0 aromatic rings. The van der Waals surface area contributed by atoms with Crippen LogP contribution in [0.1, 0.15) is 59.8 Å². The van der Waals surface area contributed by atoms with Crippen LogP contribution in [0.4, 0.5) is 0 Å². The highest BCUT2D eigenvalue weighted by Crippen LogP contribution is 2.22. The van der Waals surface area contributed by atoms with Crippen molar-refractivity contribution >= 4 is 0 Å². The van der Waals surface area contributed by atoms with Crippen LogP contribution < -0.4 is 5.32 Å². The van der Waals surface area contributed by atoms with Crippen LogP contribution >= 0.6 is 0 Å². The van der Waals surface area contributed by atoms with Gasteiger partial charge in [0, 0.05) is 12.6 Å². The Hall–Kier alpha value is -0.0800. The summed E-state index contributed by atoms with van der Waals surface area (Å²) >= 11 is 0. The first-order valence-electron chi connectivity index (χ1n) is 7.44. The summed E-state index contributed by atoms with van der Waals surface area (Å²) in [5, 5.41) is 3.53. The molecule has 0 bridgehead atoms. The molecule has 1 heterocycles. The first-order chi connectivity index (χ1) is 8.09. The van der Waals surface area contributed by atoms with Gasteiger partial charge in [-0.25, -0.2) is 0 Å². The second-order valence-corrected chi connectivity index (χ2v) is 6.08. The van der Waals surface area contributed by atoms with Gasteiger partial charge in [0.25, 0.3) is 0 Å². The number of hydrogen-bond acceptors (Lipinski definition) is 2. The minimum Gasteiger partial charge on any atom is -0.378 e. The highest BCUT2D eigenvalue weighted by molar-refractivity contribution is 4.69. The lowest BCUT2D eigenvalue weighted by Gasteiger charge is -2.22. The highest BCUT2D eigenvalue weighted by atomic mass is 16.5. The van der Waals surface area contributed by atoms with Crippen molar-refractivity contribution in [1.29, 1.82) is 0 Å². The molecule has 0 radical (unpaired) electrons. The Morgan fingerprint density at radius 2 is 1.94 bits per heavy atom. The molecule has 3 unspecified atom stereocenters. The van der Waals surface area contributed by atoms with Gasteiger partial charge in [0.05, 0.1) is 6.10 Å². The quantitative estimate of drug-likeness (QED) is 0.701. The largest absolute Gasteiger partial charge is 0.378 e. The normalized spacial score (nSPS) is 24.2. The highest BCUT2D eigenvalue weighted by Gasteiger charge is 2.17. The molecule has 1 aliphatic rings. The van der Waals surface area contributed by atoms with E-state index in [1.807, 2.05) is 0 Å². The van der Waals surface area contributed by atoms with Gasteiger partial charge in [-0.05, 0) is 37.6 Å². The van der Waals surface area contributed by atoms with E-state index in [2.05, 4.69) is 33.0 Å². The lowest BCUT2D eigenvalue weighted by Crippen LogP contribution is -2.30. The average Bonchev–Trinajstić information content (AvgIpc) is 2.78. The second-order valence-electron chi connectivity index (χ2n) is 6.08. The zero-order chi connectivity index (χ0) is 12.7. The van der Waals surface area contributed by atoms with Gasteiger partial charge < -0.3 is 10.1 Å². The maximum Gasteiger partial charge on any atom is 0.0576 e. The van der Waals surface area contributed by atoms with E-state index < -0.39 is 0 Å². The van der Waals surface area contributed by atoms with Gasteiger partial charge >= 0.3 is 0 Å². The molecule has 1 saturated heterocycles. The van der Waals surface area contributed by atoms with E-state index in [-0.39, 0.29) is 0 Å². The summed E-state index contributed by atoms with van der Waals surface area (Å²) in [5.41, 5.74) is 0. The van der Waals surface area contributed by atoms with Crippen LogP contribution in [0, 0.1) is 11.8 Å². The predicted octanol–water partition coefficient (Wildman–Crippen LogP) is 3.61. The van der Waals surface area contributed by atoms with Crippen LogP contribution in [0.2, 0.25) is 0 Å². The summed E-state index contributed by atoms with van der Waals surface area (Å²) in [7, 11) is 0. The van der Waals surface area contributed by atoms with Crippen LogP contribution in [0.5, 0.6) is 0 Å². The van der Waals surface area contributed by atoms with E-state index in [1.165, 1.54) is 32.1 Å². The second kappa shape index (κ2) is 8.10. The van der Waals surface area contributed by atoms with E-state index in [4.69, 9.17) is 4.74 Å². The first kappa shape index (κ1) is 15.0.